The molecule has 2 aromatic carbocycles. The Morgan fingerprint density at radius 1 is 1.11 bits per heavy atom. The number of benzene rings is 2. The summed E-state index contributed by atoms with van der Waals surface area (Å²) in [4.78, 5) is 12.2. The van der Waals surface area contributed by atoms with Crippen molar-refractivity contribution in [1.29, 1.82) is 0 Å². The van der Waals surface area contributed by atoms with Crippen LogP contribution in [0.15, 0.2) is 52.5 Å². The van der Waals surface area contributed by atoms with Crippen LogP contribution in [0.3, 0.4) is 0 Å². The first kappa shape index (κ1) is 20.7. The molecule has 1 amide bonds. The lowest BCUT2D eigenvalue weighted by molar-refractivity contribution is 0.0955. The van der Waals surface area contributed by atoms with E-state index in [4.69, 9.17) is 0 Å². The molecule has 0 saturated heterocycles. The molecule has 0 aliphatic carbocycles. The Morgan fingerprint density at radius 3 is 2.44 bits per heavy atom. The van der Waals surface area contributed by atoms with E-state index in [-0.39, 0.29) is 16.0 Å². The van der Waals surface area contributed by atoms with Gasteiger partial charge in [0.25, 0.3) is 5.91 Å². The molecule has 0 radical (unpaired) electrons. The maximum Gasteiger partial charge on any atom is 0.271 e. The van der Waals surface area contributed by atoms with Gasteiger partial charge < -0.3 is 0 Å². The Labute approximate surface area is 156 Å². The Balaban J connectivity index is 2.15. The van der Waals surface area contributed by atoms with E-state index in [9.17, 15) is 22.0 Å². The molecule has 0 fully saturated rings. The van der Waals surface area contributed by atoms with Crippen LogP contribution in [0.4, 0.5) is 8.78 Å². The van der Waals surface area contributed by atoms with Crippen LogP contribution in [0.2, 0.25) is 0 Å². The summed E-state index contributed by atoms with van der Waals surface area (Å²) < 4.78 is 52.3. The van der Waals surface area contributed by atoms with Gasteiger partial charge in [-0.15, -0.1) is 0 Å². The number of hydrazone groups is 1. The number of carbonyl (C=O) groups excluding carboxylic acids is 1. The maximum absolute atomic E-state index is 13.1. The molecule has 0 heterocycles. The third-order valence-corrected chi connectivity index (χ3v) is 5.81. The standard InChI is InChI=1S/C18H19F2N3O3S/c1-3-23(4-2)27(25,26)15-7-5-6-14(11-15)18(24)22-21-12-13-8-9-16(19)17(20)10-13/h5-12H,3-4H2,1-2H3,(H,22,24)/b21-12+. The quantitative estimate of drug-likeness (QED) is 0.578. The number of nitrogens with zero attached hydrogens (tertiary/aromatic N) is 2. The lowest BCUT2D eigenvalue weighted by atomic mass is 10.2. The molecule has 0 aliphatic rings. The van der Waals surface area contributed by atoms with Crippen molar-refractivity contribution < 1.29 is 22.0 Å². The van der Waals surface area contributed by atoms with Gasteiger partial charge in [0, 0.05) is 18.7 Å². The molecular formula is C18H19F2N3O3S. The predicted molar refractivity (Wildman–Crippen MR) is 98.0 cm³/mol. The van der Waals surface area contributed by atoms with Crippen molar-refractivity contribution in [3.8, 4) is 0 Å². The van der Waals surface area contributed by atoms with E-state index in [1.165, 1.54) is 34.6 Å². The normalized spacial score (nSPS) is 11.9. The smallest absolute Gasteiger partial charge is 0.267 e. The highest BCUT2D eigenvalue weighted by atomic mass is 32.2. The first-order valence-corrected chi connectivity index (χ1v) is 9.62. The fraction of sp³-hybridized carbons (Fsp3) is 0.222. The molecule has 1 N–H and O–H groups in total. The second kappa shape index (κ2) is 8.83. The molecule has 0 unspecified atom stereocenters. The number of sulfonamides is 1. The molecule has 0 spiro atoms. The highest BCUT2D eigenvalue weighted by Crippen LogP contribution is 2.17. The largest absolute Gasteiger partial charge is 0.271 e. The van der Waals surface area contributed by atoms with Gasteiger partial charge in [-0.1, -0.05) is 26.0 Å². The first-order valence-electron chi connectivity index (χ1n) is 8.18. The maximum atomic E-state index is 13.1. The second-order valence-electron chi connectivity index (χ2n) is 5.49. The molecule has 0 aliphatic heterocycles. The minimum absolute atomic E-state index is 0.00318. The Morgan fingerprint density at radius 2 is 1.81 bits per heavy atom. The number of carbonyl (C=O) groups is 1. The van der Waals surface area contributed by atoms with Gasteiger partial charge in [-0.3, -0.25) is 4.79 Å². The van der Waals surface area contributed by atoms with Crippen molar-refractivity contribution in [3.05, 3.63) is 65.2 Å². The topological polar surface area (TPSA) is 78.8 Å². The van der Waals surface area contributed by atoms with Crippen LogP contribution < -0.4 is 5.43 Å². The van der Waals surface area contributed by atoms with Gasteiger partial charge in [0.15, 0.2) is 11.6 Å². The molecule has 0 atom stereocenters. The van der Waals surface area contributed by atoms with Gasteiger partial charge >= 0.3 is 0 Å². The van der Waals surface area contributed by atoms with E-state index < -0.39 is 27.6 Å². The zero-order chi connectivity index (χ0) is 20.0. The van der Waals surface area contributed by atoms with Crippen LogP contribution >= 0.6 is 0 Å². The minimum atomic E-state index is -3.69. The van der Waals surface area contributed by atoms with Crippen LogP contribution in [0.25, 0.3) is 0 Å². The SMILES string of the molecule is CCN(CC)S(=O)(=O)c1cccc(C(=O)N/N=C/c2ccc(F)c(F)c2)c1. The molecule has 6 nitrogen and oxygen atoms in total. The van der Waals surface area contributed by atoms with E-state index >= 15 is 0 Å². The van der Waals surface area contributed by atoms with Gasteiger partial charge in [0.05, 0.1) is 11.1 Å². The van der Waals surface area contributed by atoms with Crippen molar-refractivity contribution in [2.75, 3.05) is 13.1 Å². The molecule has 27 heavy (non-hydrogen) atoms. The number of nitrogens with one attached hydrogen (secondary N) is 1. The Bertz CT molecular complexity index is 958. The van der Waals surface area contributed by atoms with Gasteiger partial charge in [-0.25, -0.2) is 22.6 Å². The van der Waals surface area contributed by atoms with Crippen LogP contribution in [0, 0.1) is 11.6 Å². The fourth-order valence-electron chi connectivity index (χ4n) is 2.33. The van der Waals surface area contributed by atoms with Crippen molar-refractivity contribution in [1.82, 2.24) is 9.73 Å². The van der Waals surface area contributed by atoms with E-state index in [1.807, 2.05) is 0 Å². The van der Waals surface area contributed by atoms with Crippen molar-refractivity contribution in [3.63, 3.8) is 0 Å². The number of amides is 1. The first-order chi connectivity index (χ1) is 12.8. The average Bonchev–Trinajstić information content (AvgIpc) is 2.65. The fourth-order valence-corrected chi connectivity index (χ4v) is 3.84. The molecule has 2 aromatic rings. The lowest BCUT2D eigenvalue weighted by Gasteiger charge is -2.18. The Hall–Kier alpha value is -2.65. The van der Waals surface area contributed by atoms with Gasteiger partial charge in [-0.2, -0.15) is 9.41 Å². The molecule has 0 bridgehead atoms. The molecular weight excluding hydrogens is 376 g/mol. The Kier molecular flexibility index (Phi) is 6.75. The van der Waals surface area contributed by atoms with Crippen LogP contribution in [-0.2, 0) is 10.0 Å². The number of hydrogen-bond acceptors (Lipinski definition) is 4. The number of halogens is 2. The van der Waals surface area contributed by atoms with Crippen molar-refractivity contribution in [2.45, 2.75) is 18.7 Å². The summed E-state index contributed by atoms with van der Waals surface area (Å²) in [6, 6.07) is 8.76. The minimum Gasteiger partial charge on any atom is -0.267 e. The summed E-state index contributed by atoms with van der Waals surface area (Å²) in [5.41, 5.74) is 2.58. The third-order valence-electron chi connectivity index (χ3n) is 3.76. The van der Waals surface area contributed by atoms with Crippen LogP contribution in [0.1, 0.15) is 29.8 Å². The average molecular weight is 395 g/mol. The summed E-state index contributed by atoms with van der Waals surface area (Å²) in [6.07, 6.45) is 1.15. The van der Waals surface area contributed by atoms with Crippen molar-refractivity contribution >= 4 is 22.1 Å². The molecule has 144 valence electrons. The molecule has 2 rings (SSSR count). The van der Waals surface area contributed by atoms with Gasteiger partial charge in [-0.05, 0) is 35.9 Å². The van der Waals surface area contributed by atoms with Gasteiger partial charge in [0.2, 0.25) is 10.0 Å². The van der Waals surface area contributed by atoms with E-state index in [0.29, 0.717) is 13.1 Å². The van der Waals surface area contributed by atoms with E-state index in [1.54, 1.807) is 13.8 Å². The van der Waals surface area contributed by atoms with Gasteiger partial charge in [0.1, 0.15) is 0 Å². The highest BCUT2D eigenvalue weighted by Gasteiger charge is 2.22. The molecule has 0 saturated carbocycles. The van der Waals surface area contributed by atoms with E-state index in [2.05, 4.69) is 10.5 Å². The summed E-state index contributed by atoms with van der Waals surface area (Å²) in [5, 5.41) is 3.67. The molecule has 9 heteroatoms. The molecule has 0 aromatic heterocycles. The summed E-state index contributed by atoms with van der Waals surface area (Å²) in [6.45, 7) is 4.08. The highest BCUT2D eigenvalue weighted by molar-refractivity contribution is 7.89. The van der Waals surface area contributed by atoms with Crippen molar-refractivity contribution in [2.24, 2.45) is 5.10 Å². The van der Waals surface area contributed by atoms with Crippen LogP contribution in [0.5, 0.6) is 0 Å². The zero-order valence-electron chi connectivity index (χ0n) is 14.8. The summed E-state index contributed by atoms with van der Waals surface area (Å²) >= 11 is 0. The van der Waals surface area contributed by atoms with Crippen LogP contribution in [-0.4, -0.2) is 37.9 Å². The summed E-state index contributed by atoms with van der Waals surface area (Å²) in [7, 11) is -3.69. The number of hydrogen-bond donors (Lipinski definition) is 1. The lowest BCUT2D eigenvalue weighted by Crippen LogP contribution is -2.30. The van der Waals surface area contributed by atoms with E-state index in [0.717, 1.165) is 18.3 Å². The second-order valence-corrected chi connectivity index (χ2v) is 7.43. The predicted octanol–water partition coefficient (Wildman–Crippen LogP) is 2.76. The monoisotopic (exact) mass is 395 g/mol. The number of rotatable bonds is 7. The summed E-state index contributed by atoms with van der Waals surface area (Å²) in [5.74, 6) is -2.65. The zero-order valence-corrected chi connectivity index (χ0v) is 15.6. The third kappa shape index (κ3) is 4.95.